The fourth-order valence-electron chi connectivity index (χ4n) is 9.80. The molecule has 3 aromatic carbocycles. The van der Waals surface area contributed by atoms with Crippen molar-refractivity contribution in [3.05, 3.63) is 77.1 Å². The summed E-state index contributed by atoms with van der Waals surface area (Å²) in [5.74, 6) is -2.75. The van der Waals surface area contributed by atoms with Gasteiger partial charge in [0.15, 0.2) is 0 Å². The second-order valence-electron chi connectivity index (χ2n) is 18.0. The number of alkyl carbamates (subject to hydrolysis) is 2. The van der Waals surface area contributed by atoms with Crippen LogP contribution in [-0.4, -0.2) is 108 Å². The minimum atomic E-state index is -3.28. The number of benzene rings is 3. The zero-order valence-electron chi connectivity index (χ0n) is 37.6. The number of aromatic amines is 1. The second kappa shape index (κ2) is 17.9. The Labute approximate surface area is 376 Å². The molecule has 17 heteroatoms. The molecule has 0 radical (unpaired) electrons. The number of imidazole rings is 1. The number of aliphatic imine (C=N–C) groups is 1. The Kier molecular flexibility index (Phi) is 12.4. The minimum Gasteiger partial charge on any atom is -0.453 e. The van der Waals surface area contributed by atoms with Crippen LogP contribution >= 0.6 is 0 Å². The number of likely N-dealkylation sites (N-methyl/N-ethyl adjacent to an activating group) is 1. The topological polar surface area (TPSA) is 194 Å². The summed E-state index contributed by atoms with van der Waals surface area (Å²) in [6.07, 6.45) is 3.61. The molecule has 4 aromatic rings. The number of ether oxygens (including phenoxy) is 2. The van der Waals surface area contributed by atoms with Gasteiger partial charge >= 0.3 is 12.2 Å². The van der Waals surface area contributed by atoms with Crippen LogP contribution in [-0.2, 0) is 25.0 Å². The quantitative estimate of drug-likeness (QED) is 0.0753. The van der Waals surface area contributed by atoms with Gasteiger partial charge in [0.25, 0.3) is 5.92 Å². The van der Waals surface area contributed by atoms with Crippen molar-refractivity contribution in [1.82, 2.24) is 35.7 Å². The first kappa shape index (κ1) is 45.2. The molecule has 8 rings (SSSR count). The van der Waals surface area contributed by atoms with E-state index in [0.29, 0.717) is 83.0 Å². The molecule has 3 heterocycles. The monoisotopic (exact) mass is 893 g/mol. The number of halogens is 2. The molecule has 2 aliphatic heterocycles. The zero-order valence-corrected chi connectivity index (χ0v) is 37.6. The lowest BCUT2D eigenvalue weighted by Crippen LogP contribution is -2.55. The molecule has 2 aliphatic carbocycles. The second-order valence-corrected chi connectivity index (χ2v) is 18.0. The smallest absolute Gasteiger partial charge is 0.407 e. The summed E-state index contributed by atoms with van der Waals surface area (Å²) >= 11 is 0. The Morgan fingerprint density at radius 2 is 1.65 bits per heavy atom. The number of fused-ring (bicyclic) bond motifs is 4. The molecule has 1 saturated heterocycles. The first-order valence-electron chi connectivity index (χ1n) is 22.4. The zero-order chi connectivity index (χ0) is 46.4. The fourth-order valence-corrected chi connectivity index (χ4v) is 9.80. The van der Waals surface area contributed by atoms with Gasteiger partial charge in [0.2, 0.25) is 11.8 Å². The van der Waals surface area contributed by atoms with E-state index in [9.17, 15) is 19.2 Å². The van der Waals surface area contributed by atoms with Gasteiger partial charge in [0.05, 0.1) is 49.9 Å². The summed E-state index contributed by atoms with van der Waals surface area (Å²) in [7, 11) is 2.49. The number of alkyl halides is 2. The predicted octanol–water partition coefficient (Wildman–Crippen LogP) is 7.61. The maximum atomic E-state index is 16.7. The molecule has 344 valence electrons. The number of methoxy groups -OCH3 is 2. The molecule has 1 unspecified atom stereocenters. The Bertz CT molecular complexity index is 2550. The third-order valence-electron chi connectivity index (χ3n) is 13.6. The van der Waals surface area contributed by atoms with Gasteiger partial charge in [-0.15, -0.1) is 0 Å². The molecule has 4 aliphatic rings. The number of aromatic nitrogens is 2. The van der Waals surface area contributed by atoms with Gasteiger partial charge < -0.3 is 45.6 Å². The van der Waals surface area contributed by atoms with Gasteiger partial charge in [0.1, 0.15) is 23.7 Å². The third kappa shape index (κ3) is 8.52. The highest BCUT2D eigenvalue weighted by atomic mass is 19.3. The van der Waals surface area contributed by atoms with Crippen LogP contribution in [0.15, 0.2) is 59.6 Å². The molecule has 4 amide bonds. The van der Waals surface area contributed by atoms with Crippen molar-refractivity contribution < 1.29 is 37.4 Å². The number of rotatable bonds is 15. The van der Waals surface area contributed by atoms with E-state index in [1.54, 1.807) is 29.2 Å². The highest BCUT2D eigenvalue weighted by Crippen LogP contribution is 2.56. The number of carbonyl (C=O) groups is 4. The van der Waals surface area contributed by atoms with Crippen molar-refractivity contribution in [2.45, 2.75) is 102 Å². The summed E-state index contributed by atoms with van der Waals surface area (Å²) in [5, 5.41) is 16.3. The van der Waals surface area contributed by atoms with Crippen LogP contribution in [0.25, 0.3) is 33.3 Å². The van der Waals surface area contributed by atoms with Gasteiger partial charge in [0, 0.05) is 24.2 Å². The van der Waals surface area contributed by atoms with Crippen LogP contribution < -0.4 is 16.0 Å². The Balaban J connectivity index is 0.994. The number of carbonyl (C=O) groups excluding carboxylic acids is 4. The Morgan fingerprint density at radius 3 is 2.31 bits per heavy atom. The minimum absolute atomic E-state index is 0.0260. The molecular weight excluding hydrogens is 837 g/mol. The van der Waals surface area contributed by atoms with Crippen molar-refractivity contribution in [3.63, 3.8) is 0 Å². The lowest BCUT2D eigenvalue weighted by atomic mass is 9.98. The molecular formula is C48H57F2N9O6. The molecule has 1 spiro atoms. The van der Waals surface area contributed by atoms with Crippen molar-refractivity contribution >= 4 is 47.1 Å². The maximum absolute atomic E-state index is 16.7. The van der Waals surface area contributed by atoms with Gasteiger partial charge in [-0.25, -0.2) is 14.6 Å². The number of amides is 4. The lowest BCUT2D eigenvalue weighted by Gasteiger charge is -2.32. The maximum Gasteiger partial charge on any atom is 0.407 e. The average Bonchev–Trinajstić information content (AvgIpc) is 3.62. The van der Waals surface area contributed by atoms with Crippen LogP contribution in [0, 0.1) is 16.7 Å². The third-order valence-corrected chi connectivity index (χ3v) is 13.6. The van der Waals surface area contributed by atoms with Gasteiger partial charge in [-0.2, -0.15) is 8.78 Å². The summed E-state index contributed by atoms with van der Waals surface area (Å²) in [6, 6.07) is 13.1. The van der Waals surface area contributed by atoms with E-state index in [1.807, 2.05) is 62.9 Å². The molecule has 65 heavy (non-hydrogen) atoms. The van der Waals surface area contributed by atoms with Crippen LogP contribution in [0.3, 0.4) is 0 Å². The average molecular weight is 894 g/mol. The van der Waals surface area contributed by atoms with E-state index in [1.165, 1.54) is 20.4 Å². The summed E-state index contributed by atoms with van der Waals surface area (Å²) < 4.78 is 42.9. The number of hydrogen-bond donors (Lipinski definition) is 5. The van der Waals surface area contributed by atoms with Crippen molar-refractivity contribution in [2.24, 2.45) is 16.3 Å². The van der Waals surface area contributed by atoms with Crippen molar-refractivity contribution in [3.8, 4) is 22.3 Å². The summed E-state index contributed by atoms with van der Waals surface area (Å²) in [6.45, 7) is 8.78. The summed E-state index contributed by atoms with van der Waals surface area (Å²) in [4.78, 5) is 68.5. The highest BCUT2D eigenvalue weighted by Gasteiger charge is 2.56. The molecule has 5 atom stereocenters. The normalized spacial score (nSPS) is 20.0. The van der Waals surface area contributed by atoms with Crippen molar-refractivity contribution in [1.29, 1.82) is 5.41 Å². The molecule has 1 aromatic heterocycles. The van der Waals surface area contributed by atoms with Gasteiger partial charge in [-0.3, -0.25) is 14.6 Å². The molecule has 15 nitrogen and oxygen atoms in total. The van der Waals surface area contributed by atoms with E-state index in [4.69, 9.17) is 24.9 Å². The van der Waals surface area contributed by atoms with Crippen LogP contribution in [0.4, 0.5) is 18.4 Å². The SMILES string of the molecule is CC[C@@H](c1nc2ccc(-c3ccc4c(c3)C(F)(F)c3cc(C5CN=C([C@@H]6CC7(CC7)CN6C(=O)[C@@H](NC(=O)OC)C(C)C)N5)ccc3-4)cc2[nH]1)N(CC)C(=O)[C@H](CCC=N)NC(=O)OC. The predicted molar refractivity (Wildman–Crippen MR) is 242 cm³/mol. The Morgan fingerprint density at radius 1 is 0.969 bits per heavy atom. The standard InChI is InChI=1S/C48H57F2N9O6/c1-7-38(58(8-2)43(60)35(10-9-19-51)56-45(62)64-5)42-53-34-16-13-28(22-36(34)54-42)27-11-14-30-31-15-12-29(21-33(31)48(49,50)32(30)20-27)37-24-52-41(55-37)39-23-47(17-18-47)25-59(39)44(61)40(26(3)4)57-46(63)65-6/h11-16,19-22,26,35,37-40,51H,7-10,17-18,23-25H2,1-6H3,(H,52,55)(H,53,54)(H,56,62)(H,57,63)/t35-,37?,38-,39-,40-/m0/s1. The van der Waals surface area contributed by atoms with Gasteiger partial charge in [-0.1, -0.05) is 51.1 Å². The fraction of sp³-hybridized carbons (Fsp3) is 0.479. The Hall–Kier alpha value is -6.39. The molecule has 2 fully saturated rings. The first-order chi connectivity index (χ1) is 31.1. The largest absolute Gasteiger partial charge is 0.453 e. The van der Waals surface area contributed by atoms with Gasteiger partial charge in [-0.05, 0) is 115 Å². The van der Waals surface area contributed by atoms with Crippen LogP contribution in [0.5, 0.6) is 0 Å². The van der Waals surface area contributed by atoms with E-state index in [0.717, 1.165) is 19.3 Å². The number of amidine groups is 1. The van der Waals surface area contributed by atoms with Crippen LogP contribution in [0.1, 0.15) is 101 Å². The first-order valence-corrected chi connectivity index (χ1v) is 22.4. The highest BCUT2D eigenvalue weighted by molar-refractivity contribution is 5.96. The van der Waals surface area contributed by atoms with Crippen molar-refractivity contribution in [2.75, 3.05) is 33.9 Å². The number of H-pyrrole nitrogens is 1. The molecule has 5 N–H and O–H groups in total. The number of hydrogen-bond acceptors (Lipinski definition) is 10. The van der Waals surface area contributed by atoms with E-state index in [-0.39, 0.29) is 52.8 Å². The van der Waals surface area contributed by atoms with Crippen LogP contribution in [0.2, 0.25) is 0 Å². The number of nitrogens with zero attached hydrogens (tertiary/aromatic N) is 4. The number of nitrogens with one attached hydrogen (secondary N) is 5. The van der Waals surface area contributed by atoms with E-state index in [2.05, 4.69) is 20.9 Å². The summed E-state index contributed by atoms with van der Waals surface area (Å²) in [5.41, 5.74) is 4.12. The lowest BCUT2D eigenvalue weighted by molar-refractivity contribution is -0.136. The molecule has 1 saturated carbocycles. The molecule has 0 bridgehead atoms. The number of likely N-dealkylation sites (tertiary alicyclic amines) is 1. The van der Waals surface area contributed by atoms with E-state index < -0.39 is 36.2 Å². The van der Waals surface area contributed by atoms with E-state index >= 15 is 8.78 Å².